The molecule has 0 radical (unpaired) electrons. The summed E-state index contributed by atoms with van der Waals surface area (Å²) in [6, 6.07) is 0. The zero-order valence-corrected chi connectivity index (χ0v) is 12.2. The van der Waals surface area contributed by atoms with Gasteiger partial charge < -0.3 is 10.2 Å². The van der Waals surface area contributed by atoms with E-state index in [0.29, 0.717) is 0 Å². The van der Waals surface area contributed by atoms with Crippen LogP contribution in [-0.4, -0.2) is 47.0 Å². The molecular formula is C10H8F6MgO4. The molecule has 0 atom stereocenters. The predicted octanol–water partition coefficient (Wildman–Crippen LogP) is 0.383. The van der Waals surface area contributed by atoms with Crippen molar-refractivity contribution in [2.24, 2.45) is 0 Å². The molecule has 0 rings (SSSR count). The molecule has 0 amide bonds. The van der Waals surface area contributed by atoms with E-state index in [1.54, 1.807) is 0 Å². The molecule has 0 aliphatic heterocycles. The van der Waals surface area contributed by atoms with Gasteiger partial charge in [0, 0.05) is 0 Å². The van der Waals surface area contributed by atoms with E-state index < -0.39 is 35.4 Å². The van der Waals surface area contributed by atoms with Crippen molar-refractivity contribution in [2.75, 3.05) is 0 Å². The predicted molar refractivity (Wildman–Crippen MR) is 55.4 cm³/mol. The first kappa shape index (κ1) is 24.8. The molecule has 0 bridgehead atoms. The first-order valence-corrected chi connectivity index (χ1v) is 4.61. The van der Waals surface area contributed by atoms with Crippen LogP contribution < -0.4 is 10.2 Å². The Hall–Kier alpha value is -1.23. The molecule has 11 heteroatoms. The van der Waals surface area contributed by atoms with Crippen LogP contribution in [0.1, 0.15) is 13.8 Å². The van der Waals surface area contributed by atoms with Gasteiger partial charge in [-0.2, -0.15) is 26.3 Å². The summed E-state index contributed by atoms with van der Waals surface area (Å²) in [5.41, 5.74) is 0. The maximum absolute atomic E-state index is 11.3. The number of rotatable bonds is 2. The van der Waals surface area contributed by atoms with E-state index in [9.17, 15) is 46.1 Å². The summed E-state index contributed by atoms with van der Waals surface area (Å²) in [4.78, 5) is 19.7. The Labute approximate surface area is 131 Å². The normalized spacial score (nSPS) is 12.8. The third kappa shape index (κ3) is 15.0. The Morgan fingerprint density at radius 2 is 0.952 bits per heavy atom. The van der Waals surface area contributed by atoms with Gasteiger partial charge in [0.25, 0.3) is 11.6 Å². The van der Waals surface area contributed by atoms with Crippen molar-refractivity contribution in [2.45, 2.75) is 26.2 Å². The van der Waals surface area contributed by atoms with Gasteiger partial charge in [0.05, 0.1) is 0 Å². The molecule has 0 heterocycles. The van der Waals surface area contributed by atoms with Crippen molar-refractivity contribution in [3.63, 3.8) is 0 Å². The number of carbonyl (C=O) groups excluding carboxylic acids is 2. The van der Waals surface area contributed by atoms with Crippen LogP contribution in [0.15, 0.2) is 23.7 Å². The third-order valence-electron chi connectivity index (χ3n) is 1.23. The quantitative estimate of drug-likeness (QED) is 0.317. The van der Waals surface area contributed by atoms with E-state index in [4.69, 9.17) is 0 Å². The minimum absolute atomic E-state index is 0. The smallest absolute Gasteiger partial charge is 0.876 e. The first-order valence-electron chi connectivity index (χ1n) is 4.61. The molecule has 0 fully saturated rings. The molecule has 0 N–H and O–H groups in total. The summed E-state index contributed by atoms with van der Waals surface area (Å²) in [5.74, 6) is -6.02. The molecule has 0 aliphatic rings. The number of hydrogen-bond donors (Lipinski definition) is 0. The average molecular weight is 330 g/mol. The summed E-state index contributed by atoms with van der Waals surface area (Å²) < 4.78 is 67.7. The van der Waals surface area contributed by atoms with Gasteiger partial charge in [0.1, 0.15) is 0 Å². The standard InChI is InChI=1S/2C5H5F3O2.Mg/c2*1-3(9)2-4(10)5(6,7)8;/h2*2,9H,1H3;/q;;+2/p-2/b2*3-2+;. The second kappa shape index (κ2) is 9.66. The van der Waals surface area contributed by atoms with Crippen LogP contribution in [0.2, 0.25) is 0 Å². The van der Waals surface area contributed by atoms with Gasteiger partial charge in [0.15, 0.2) is 0 Å². The minimum atomic E-state index is -4.92. The molecule has 0 aromatic heterocycles. The fourth-order valence-corrected chi connectivity index (χ4v) is 0.533. The Morgan fingerprint density at radius 3 is 1.00 bits per heavy atom. The van der Waals surface area contributed by atoms with Crippen LogP contribution in [0.5, 0.6) is 0 Å². The zero-order chi connectivity index (χ0) is 16.7. The van der Waals surface area contributed by atoms with Gasteiger partial charge in [-0.15, -0.1) is 11.5 Å². The van der Waals surface area contributed by atoms with Gasteiger partial charge >= 0.3 is 35.4 Å². The number of ketones is 2. The second-order valence-corrected chi connectivity index (χ2v) is 3.23. The maximum atomic E-state index is 11.3. The van der Waals surface area contributed by atoms with Gasteiger partial charge in [-0.1, -0.05) is 13.8 Å². The average Bonchev–Trinajstić information content (AvgIpc) is 2.13. The molecule has 4 nitrogen and oxygen atoms in total. The molecule has 116 valence electrons. The Morgan fingerprint density at radius 1 is 0.762 bits per heavy atom. The summed E-state index contributed by atoms with van der Waals surface area (Å²) in [6.07, 6.45) is -9.82. The van der Waals surface area contributed by atoms with E-state index in [1.807, 2.05) is 0 Å². The number of halogens is 6. The van der Waals surface area contributed by atoms with Crippen molar-refractivity contribution in [3.05, 3.63) is 23.7 Å². The van der Waals surface area contributed by atoms with Crippen molar-refractivity contribution in [1.29, 1.82) is 0 Å². The van der Waals surface area contributed by atoms with Gasteiger partial charge in [-0.05, 0) is 12.2 Å². The van der Waals surface area contributed by atoms with Crippen LogP contribution in [0.3, 0.4) is 0 Å². The number of hydrogen-bond acceptors (Lipinski definition) is 4. The molecule has 0 spiro atoms. The third-order valence-corrected chi connectivity index (χ3v) is 1.23. The summed E-state index contributed by atoms with van der Waals surface area (Å²) >= 11 is 0. The molecule has 0 saturated carbocycles. The van der Waals surface area contributed by atoms with Crippen molar-refractivity contribution in [1.82, 2.24) is 0 Å². The monoisotopic (exact) mass is 330 g/mol. The number of carbonyl (C=O) groups is 2. The van der Waals surface area contributed by atoms with Crippen LogP contribution in [0.4, 0.5) is 26.3 Å². The van der Waals surface area contributed by atoms with Crippen LogP contribution in [-0.2, 0) is 9.59 Å². The van der Waals surface area contributed by atoms with Crippen molar-refractivity contribution in [3.8, 4) is 0 Å². The molecule has 0 aliphatic carbocycles. The fourth-order valence-electron chi connectivity index (χ4n) is 0.533. The van der Waals surface area contributed by atoms with E-state index in [1.165, 1.54) is 0 Å². The topological polar surface area (TPSA) is 80.3 Å². The largest absolute Gasteiger partial charge is 2.00 e. The molecular weight excluding hydrogens is 322 g/mol. The number of alkyl halides is 6. The SMILES string of the molecule is C/C([O-])=C\C(=O)C(F)(F)F.C/C([O-])=C\C(=O)C(F)(F)F.[Mg+2]. The first-order chi connectivity index (χ1) is 8.67. The number of allylic oxidation sites excluding steroid dienone is 4. The molecule has 0 unspecified atom stereocenters. The summed E-state index contributed by atoms with van der Waals surface area (Å²) in [7, 11) is 0. The summed E-state index contributed by atoms with van der Waals surface area (Å²) in [5, 5.41) is 19.8. The molecule has 0 saturated heterocycles. The molecule has 21 heavy (non-hydrogen) atoms. The van der Waals surface area contributed by atoms with Gasteiger partial charge in [-0.3, -0.25) is 9.59 Å². The van der Waals surface area contributed by atoms with E-state index in [0.717, 1.165) is 13.8 Å². The minimum Gasteiger partial charge on any atom is -0.876 e. The second-order valence-electron chi connectivity index (χ2n) is 3.23. The van der Waals surface area contributed by atoms with Gasteiger partial charge in [0.2, 0.25) is 0 Å². The Bertz CT molecular complexity index is 374. The Balaban J connectivity index is -0.000000295. The van der Waals surface area contributed by atoms with E-state index in [-0.39, 0.29) is 35.2 Å². The van der Waals surface area contributed by atoms with E-state index >= 15 is 0 Å². The van der Waals surface area contributed by atoms with Crippen LogP contribution in [0.25, 0.3) is 0 Å². The van der Waals surface area contributed by atoms with Gasteiger partial charge in [-0.25, -0.2) is 0 Å². The van der Waals surface area contributed by atoms with Crippen LogP contribution >= 0.6 is 0 Å². The molecule has 0 aromatic carbocycles. The maximum Gasteiger partial charge on any atom is 2.00 e. The van der Waals surface area contributed by atoms with Crippen LogP contribution in [0, 0.1) is 0 Å². The molecule has 0 aromatic rings. The fraction of sp³-hybridized carbons (Fsp3) is 0.400. The van der Waals surface area contributed by atoms with E-state index in [2.05, 4.69) is 0 Å². The zero-order valence-electron chi connectivity index (χ0n) is 10.8. The van der Waals surface area contributed by atoms with Crippen molar-refractivity contribution < 1.29 is 46.1 Å². The Kier molecular flexibility index (Phi) is 11.4. The van der Waals surface area contributed by atoms with Crippen molar-refractivity contribution >= 4 is 34.6 Å². The summed E-state index contributed by atoms with van der Waals surface area (Å²) in [6.45, 7) is 1.76.